The van der Waals surface area contributed by atoms with Crippen LogP contribution in [0.15, 0.2) is 91.0 Å². The number of amides is 2. The molecule has 3 aromatic rings. The summed E-state index contributed by atoms with van der Waals surface area (Å²) in [7, 11) is 3.82. The Kier molecular flexibility index (Phi) is 9.13. The van der Waals surface area contributed by atoms with Gasteiger partial charge in [0, 0.05) is 18.8 Å². The number of hydrogen-bond acceptors (Lipinski definition) is 4. The Balaban J connectivity index is 1.94. The molecule has 34 heavy (non-hydrogen) atoms. The summed E-state index contributed by atoms with van der Waals surface area (Å²) in [6.07, 6.45) is 0. The van der Waals surface area contributed by atoms with Gasteiger partial charge in [0.15, 0.2) is 0 Å². The number of thioether (sulfide) groups is 1. The molecule has 0 fully saturated rings. The lowest BCUT2D eigenvalue weighted by atomic mass is 9.84. The Hall–Kier alpha value is -3.29. The highest BCUT2D eigenvalue weighted by atomic mass is 32.2. The van der Waals surface area contributed by atoms with Crippen molar-refractivity contribution < 1.29 is 14.7 Å². The molecule has 1 atom stereocenters. The largest absolute Gasteiger partial charge is 0.480 e. The first-order chi connectivity index (χ1) is 16.4. The number of aliphatic carboxylic acids is 1. The first kappa shape index (κ1) is 25.3. The topological polar surface area (TPSA) is 81.7 Å². The number of carbonyl (C=O) groups is 2. The minimum atomic E-state index is -1.07. The Labute approximate surface area is 205 Å². The zero-order valence-electron chi connectivity index (χ0n) is 19.5. The van der Waals surface area contributed by atoms with Gasteiger partial charge < -0.3 is 20.6 Å². The lowest BCUT2D eigenvalue weighted by Gasteiger charge is -2.36. The molecule has 0 heterocycles. The van der Waals surface area contributed by atoms with Crippen LogP contribution in [0.2, 0.25) is 0 Å². The molecule has 0 bridgehead atoms. The van der Waals surface area contributed by atoms with E-state index in [9.17, 15) is 14.7 Å². The molecule has 3 rings (SSSR count). The minimum absolute atomic E-state index is 0.176. The number of carboxylic acids is 1. The van der Waals surface area contributed by atoms with Crippen molar-refractivity contribution in [2.45, 2.75) is 10.8 Å². The quantitative estimate of drug-likeness (QED) is 0.364. The summed E-state index contributed by atoms with van der Waals surface area (Å²) in [6, 6.07) is 28.6. The lowest BCUT2D eigenvalue weighted by molar-refractivity contribution is -0.138. The molecule has 0 aliphatic heterocycles. The highest BCUT2D eigenvalue weighted by Crippen LogP contribution is 2.48. The van der Waals surface area contributed by atoms with E-state index in [1.807, 2.05) is 73.6 Å². The average molecular weight is 478 g/mol. The molecule has 178 valence electrons. The fourth-order valence-electron chi connectivity index (χ4n) is 3.75. The Morgan fingerprint density at radius 3 is 1.68 bits per heavy atom. The van der Waals surface area contributed by atoms with E-state index in [1.165, 1.54) is 11.8 Å². The molecule has 0 saturated heterocycles. The lowest BCUT2D eigenvalue weighted by Crippen LogP contribution is -2.49. The summed E-state index contributed by atoms with van der Waals surface area (Å²) in [5, 5.41) is 15.2. The third-order valence-corrected chi connectivity index (χ3v) is 7.10. The van der Waals surface area contributed by atoms with Crippen molar-refractivity contribution in [3.63, 3.8) is 0 Å². The average Bonchev–Trinajstić information content (AvgIpc) is 2.85. The van der Waals surface area contributed by atoms with Gasteiger partial charge in [-0.15, -0.1) is 11.8 Å². The number of urea groups is 1. The van der Waals surface area contributed by atoms with Crippen molar-refractivity contribution in [1.29, 1.82) is 0 Å². The normalized spacial score (nSPS) is 12.2. The smallest absolute Gasteiger partial charge is 0.327 e. The van der Waals surface area contributed by atoms with Crippen LogP contribution >= 0.6 is 11.8 Å². The summed E-state index contributed by atoms with van der Waals surface area (Å²) in [6.45, 7) is 1.10. The van der Waals surface area contributed by atoms with Crippen molar-refractivity contribution in [2.75, 3.05) is 32.9 Å². The van der Waals surface area contributed by atoms with Crippen LogP contribution in [0.5, 0.6) is 0 Å². The molecular formula is C27H31N3O3S. The second kappa shape index (κ2) is 12.3. The molecule has 0 aliphatic carbocycles. The number of nitrogens with one attached hydrogen (secondary N) is 2. The number of likely N-dealkylation sites (N-methyl/N-ethyl adjacent to an activating group) is 1. The zero-order valence-corrected chi connectivity index (χ0v) is 20.3. The Morgan fingerprint density at radius 1 is 0.853 bits per heavy atom. The first-order valence-electron chi connectivity index (χ1n) is 11.2. The van der Waals surface area contributed by atoms with E-state index < -0.39 is 22.8 Å². The standard InChI is InChI=1S/C27H31N3O3S/c1-30(2)19-18-28-26(33)29-24(25(31)32)20-34-27(21-12-6-3-7-13-21,22-14-8-4-9-15-22)23-16-10-5-11-17-23/h3-17,24H,18-20H2,1-2H3,(H,31,32)(H2,28,29,33)/t24-/m0/s1. The molecular weight excluding hydrogens is 446 g/mol. The number of carbonyl (C=O) groups excluding carboxylic acids is 1. The molecule has 0 spiro atoms. The van der Waals surface area contributed by atoms with E-state index >= 15 is 0 Å². The molecule has 3 N–H and O–H groups in total. The number of hydrogen-bond donors (Lipinski definition) is 3. The van der Waals surface area contributed by atoms with Crippen LogP contribution in [0.3, 0.4) is 0 Å². The maximum atomic E-state index is 12.4. The zero-order chi connectivity index (χ0) is 24.4. The van der Waals surface area contributed by atoms with Gasteiger partial charge in [-0.3, -0.25) is 0 Å². The second-order valence-electron chi connectivity index (χ2n) is 8.18. The van der Waals surface area contributed by atoms with Crippen LogP contribution in [0.25, 0.3) is 0 Å². The van der Waals surface area contributed by atoms with Gasteiger partial charge >= 0.3 is 12.0 Å². The number of nitrogens with zero attached hydrogens (tertiary/aromatic N) is 1. The predicted molar refractivity (Wildman–Crippen MR) is 138 cm³/mol. The Morgan fingerprint density at radius 2 is 1.29 bits per heavy atom. The van der Waals surface area contributed by atoms with Gasteiger partial charge in [-0.2, -0.15) is 0 Å². The molecule has 0 saturated carbocycles. The van der Waals surface area contributed by atoms with Gasteiger partial charge in [-0.1, -0.05) is 91.0 Å². The molecule has 7 heteroatoms. The van der Waals surface area contributed by atoms with Crippen LogP contribution in [-0.2, 0) is 9.54 Å². The highest BCUT2D eigenvalue weighted by molar-refractivity contribution is 8.00. The third-order valence-electron chi connectivity index (χ3n) is 5.46. The summed E-state index contributed by atoms with van der Waals surface area (Å²) >= 11 is 1.50. The monoisotopic (exact) mass is 477 g/mol. The van der Waals surface area contributed by atoms with Crippen LogP contribution in [-0.4, -0.2) is 61.0 Å². The highest BCUT2D eigenvalue weighted by Gasteiger charge is 2.38. The van der Waals surface area contributed by atoms with Crippen molar-refractivity contribution in [3.8, 4) is 0 Å². The van der Waals surface area contributed by atoms with Crippen LogP contribution in [0, 0.1) is 0 Å². The van der Waals surface area contributed by atoms with Crippen molar-refractivity contribution >= 4 is 23.8 Å². The number of benzene rings is 3. The van der Waals surface area contributed by atoms with Crippen LogP contribution < -0.4 is 10.6 Å². The summed E-state index contributed by atoms with van der Waals surface area (Å²) in [5.74, 6) is -0.895. The molecule has 0 unspecified atom stereocenters. The van der Waals surface area contributed by atoms with Crippen molar-refractivity contribution in [2.24, 2.45) is 0 Å². The summed E-state index contributed by atoms with van der Waals surface area (Å²) < 4.78 is -0.652. The van der Waals surface area contributed by atoms with E-state index in [0.717, 1.165) is 16.7 Å². The van der Waals surface area contributed by atoms with Crippen molar-refractivity contribution in [3.05, 3.63) is 108 Å². The predicted octanol–water partition coefficient (Wildman–Crippen LogP) is 4.03. The molecule has 6 nitrogen and oxygen atoms in total. The molecule has 2 amide bonds. The van der Waals surface area contributed by atoms with Gasteiger partial charge in [0.25, 0.3) is 0 Å². The first-order valence-corrected chi connectivity index (χ1v) is 12.1. The maximum Gasteiger partial charge on any atom is 0.327 e. The van der Waals surface area contributed by atoms with Crippen LogP contribution in [0.4, 0.5) is 4.79 Å². The number of rotatable bonds is 11. The van der Waals surface area contributed by atoms with Gasteiger partial charge in [-0.05, 0) is 30.8 Å². The molecule has 0 radical (unpaired) electrons. The number of carboxylic acid groups (broad SMARTS) is 1. The van der Waals surface area contributed by atoms with Gasteiger partial charge in [0.2, 0.25) is 0 Å². The van der Waals surface area contributed by atoms with E-state index in [0.29, 0.717) is 13.1 Å². The minimum Gasteiger partial charge on any atom is -0.480 e. The fraction of sp³-hybridized carbons (Fsp3) is 0.259. The van der Waals surface area contributed by atoms with Gasteiger partial charge in [0.1, 0.15) is 6.04 Å². The fourth-order valence-corrected chi connectivity index (χ4v) is 5.30. The molecule has 3 aromatic carbocycles. The van der Waals surface area contributed by atoms with E-state index in [-0.39, 0.29) is 5.75 Å². The van der Waals surface area contributed by atoms with E-state index in [4.69, 9.17) is 0 Å². The molecule has 0 aromatic heterocycles. The van der Waals surface area contributed by atoms with E-state index in [1.54, 1.807) is 0 Å². The van der Waals surface area contributed by atoms with Crippen LogP contribution in [0.1, 0.15) is 16.7 Å². The van der Waals surface area contributed by atoms with Crippen molar-refractivity contribution in [1.82, 2.24) is 15.5 Å². The second-order valence-corrected chi connectivity index (χ2v) is 9.42. The third kappa shape index (κ3) is 6.40. The Bertz CT molecular complexity index is 950. The maximum absolute atomic E-state index is 12.4. The van der Waals surface area contributed by atoms with Gasteiger partial charge in [0.05, 0.1) is 4.75 Å². The SMILES string of the molecule is CN(C)CCNC(=O)N[C@@H](CSC(c1ccccc1)(c1ccccc1)c1ccccc1)C(=O)O. The van der Waals surface area contributed by atoms with Gasteiger partial charge in [-0.25, -0.2) is 9.59 Å². The molecule has 0 aliphatic rings. The van der Waals surface area contributed by atoms with E-state index in [2.05, 4.69) is 47.0 Å². The summed E-state index contributed by atoms with van der Waals surface area (Å²) in [4.78, 5) is 26.4. The summed E-state index contributed by atoms with van der Waals surface area (Å²) in [5.41, 5.74) is 3.12.